The van der Waals surface area contributed by atoms with Gasteiger partial charge in [0, 0.05) is 66.5 Å². The molecule has 5 rings (SSSR count). The number of amides is 1. The molecule has 0 aliphatic carbocycles. The molecule has 4 aromatic rings. The molecule has 0 bridgehead atoms. The van der Waals surface area contributed by atoms with Gasteiger partial charge in [0.05, 0.1) is 23.3 Å². The molecule has 1 fully saturated rings. The number of aromatic nitrogens is 4. The topological polar surface area (TPSA) is 123 Å². The van der Waals surface area contributed by atoms with Gasteiger partial charge in [0.15, 0.2) is 11.6 Å². The third-order valence-electron chi connectivity index (χ3n) is 7.00. The number of benzene rings is 1. The average molecular weight is 656 g/mol. The van der Waals surface area contributed by atoms with E-state index in [-0.39, 0.29) is 28.1 Å². The number of piperazine rings is 1. The summed E-state index contributed by atoms with van der Waals surface area (Å²) in [6, 6.07) is 9.90. The Morgan fingerprint density at radius 1 is 1.07 bits per heavy atom. The Bertz CT molecular complexity index is 1770. The second kappa shape index (κ2) is 13.0. The monoisotopic (exact) mass is 655 g/mol. The van der Waals surface area contributed by atoms with Crippen LogP contribution in [0.1, 0.15) is 34.1 Å². The average Bonchev–Trinajstić information content (AvgIpc) is 3.44. The van der Waals surface area contributed by atoms with E-state index < -0.39 is 21.4 Å². The Morgan fingerprint density at radius 3 is 2.40 bits per heavy atom. The van der Waals surface area contributed by atoms with Gasteiger partial charge in [-0.05, 0) is 63.6 Å². The van der Waals surface area contributed by atoms with Crippen LogP contribution >= 0.6 is 11.6 Å². The first-order valence-electron chi connectivity index (χ1n) is 14.5. The number of pyridine rings is 2. The number of carbonyl (C=O) groups excluding carboxylic acids is 1. The quantitative estimate of drug-likeness (QED) is 0.245. The molecule has 4 heterocycles. The van der Waals surface area contributed by atoms with E-state index in [1.54, 1.807) is 54.8 Å². The molecule has 1 saturated heterocycles. The lowest BCUT2D eigenvalue weighted by Crippen LogP contribution is -2.50. The molecule has 1 aliphatic rings. The zero-order valence-corrected chi connectivity index (χ0v) is 27.1. The van der Waals surface area contributed by atoms with Gasteiger partial charge in [-0.3, -0.25) is 9.71 Å². The first kappa shape index (κ1) is 32.2. The molecule has 1 N–H and O–H groups in total. The fourth-order valence-corrected chi connectivity index (χ4v) is 6.27. The molecule has 238 valence electrons. The van der Waals surface area contributed by atoms with E-state index in [4.69, 9.17) is 21.4 Å². The summed E-state index contributed by atoms with van der Waals surface area (Å²) >= 11 is 6.36. The highest BCUT2D eigenvalue weighted by Crippen LogP contribution is 2.38. The lowest BCUT2D eigenvalue weighted by Gasteiger charge is -2.36. The van der Waals surface area contributed by atoms with Crippen LogP contribution in [0.15, 0.2) is 61.2 Å². The summed E-state index contributed by atoms with van der Waals surface area (Å²) in [7, 11) is -3.77. The van der Waals surface area contributed by atoms with Gasteiger partial charge in [-0.2, -0.15) is 5.10 Å². The molecule has 0 unspecified atom stereocenters. The van der Waals surface area contributed by atoms with Crippen LogP contribution < -0.4 is 9.62 Å². The highest BCUT2D eigenvalue weighted by Gasteiger charge is 2.27. The van der Waals surface area contributed by atoms with Gasteiger partial charge >= 0.3 is 6.09 Å². The summed E-state index contributed by atoms with van der Waals surface area (Å²) in [6.45, 7) is 9.55. The summed E-state index contributed by atoms with van der Waals surface area (Å²) in [4.78, 5) is 25.0. The lowest BCUT2D eigenvalue weighted by molar-refractivity contribution is 0.0240. The molecule has 1 aromatic carbocycles. The summed E-state index contributed by atoms with van der Waals surface area (Å²) in [5.41, 5.74) is 1.67. The van der Waals surface area contributed by atoms with E-state index in [2.05, 4.69) is 19.6 Å². The summed E-state index contributed by atoms with van der Waals surface area (Å²) in [5.74, 6) is -0.447. The Balaban J connectivity index is 1.43. The molecule has 0 spiro atoms. The van der Waals surface area contributed by atoms with Crippen molar-refractivity contribution in [2.24, 2.45) is 0 Å². The van der Waals surface area contributed by atoms with Crippen molar-refractivity contribution in [1.82, 2.24) is 24.6 Å². The van der Waals surface area contributed by atoms with Crippen molar-refractivity contribution in [3.8, 4) is 28.2 Å². The van der Waals surface area contributed by atoms with Crippen molar-refractivity contribution in [3.63, 3.8) is 0 Å². The predicted octanol–water partition coefficient (Wildman–Crippen LogP) is 6.00. The number of ether oxygens (including phenoxy) is 1. The maximum Gasteiger partial charge on any atom is 0.410 e. The Labute approximate surface area is 267 Å². The fraction of sp³-hybridized carbons (Fsp3) is 0.355. The maximum atomic E-state index is 15.9. The van der Waals surface area contributed by atoms with Crippen LogP contribution in [0, 0.1) is 5.82 Å². The van der Waals surface area contributed by atoms with E-state index in [0.29, 0.717) is 55.2 Å². The summed E-state index contributed by atoms with van der Waals surface area (Å²) in [5, 5.41) is 4.89. The Morgan fingerprint density at radius 2 is 1.78 bits per heavy atom. The number of nitrogens with one attached hydrogen (secondary N) is 1. The number of hydrogen-bond acceptors (Lipinski definition) is 8. The minimum absolute atomic E-state index is 0.0780. The van der Waals surface area contributed by atoms with E-state index in [1.165, 1.54) is 16.8 Å². The van der Waals surface area contributed by atoms with E-state index in [1.807, 2.05) is 26.8 Å². The highest BCUT2D eigenvalue weighted by atomic mass is 35.5. The number of halogens is 2. The highest BCUT2D eigenvalue weighted by molar-refractivity contribution is 7.92. The summed E-state index contributed by atoms with van der Waals surface area (Å²) in [6.07, 6.45) is 6.62. The summed E-state index contributed by atoms with van der Waals surface area (Å²) < 4.78 is 50.2. The predicted molar refractivity (Wildman–Crippen MR) is 173 cm³/mol. The van der Waals surface area contributed by atoms with Crippen LogP contribution in [0.2, 0.25) is 5.02 Å². The van der Waals surface area contributed by atoms with Crippen molar-refractivity contribution in [2.45, 2.75) is 39.7 Å². The van der Waals surface area contributed by atoms with Gasteiger partial charge in [0.25, 0.3) is 0 Å². The second-order valence-electron chi connectivity index (χ2n) is 11.6. The number of sulfonamides is 1. The third-order valence-corrected chi connectivity index (χ3v) is 8.69. The van der Waals surface area contributed by atoms with Crippen LogP contribution in [-0.2, 0) is 14.8 Å². The standard InChI is InChI=1S/C31H35ClFN7O4S/c1-5-16-45(42,43)37-26-18-22(32)17-24(28(26)33)25-20-40(36-29(25)21-8-10-34-11-9-21)27-7-6-23(19-35-27)38-12-14-39(15-13-38)30(41)44-31(2,3)4/h6-11,17-20,37H,5,12-16H2,1-4H3. The molecule has 3 aromatic heterocycles. The Hall–Kier alpha value is -4.23. The van der Waals surface area contributed by atoms with Gasteiger partial charge in [-0.1, -0.05) is 18.5 Å². The zero-order chi connectivity index (χ0) is 32.4. The Kier molecular flexibility index (Phi) is 9.31. The molecule has 11 nitrogen and oxygen atoms in total. The van der Waals surface area contributed by atoms with Crippen LogP contribution in [0.3, 0.4) is 0 Å². The van der Waals surface area contributed by atoms with E-state index >= 15 is 4.39 Å². The van der Waals surface area contributed by atoms with Crippen LogP contribution in [0.25, 0.3) is 28.2 Å². The fourth-order valence-electron chi connectivity index (χ4n) is 4.93. The van der Waals surface area contributed by atoms with Gasteiger partial charge in [0.1, 0.15) is 11.3 Å². The molecule has 0 radical (unpaired) electrons. The largest absolute Gasteiger partial charge is 0.444 e. The molecule has 14 heteroatoms. The molecular formula is C31H35ClFN7O4S. The second-order valence-corrected chi connectivity index (χ2v) is 13.9. The first-order valence-corrected chi connectivity index (χ1v) is 16.6. The zero-order valence-electron chi connectivity index (χ0n) is 25.5. The third kappa shape index (κ3) is 7.71. The number of nitrogens with zero attached hydrogens (tertiary/aromatic N) is 6. The van der Waals surface area contributed by atoms with E-state index in [0.717, 1.165) is 5.69 Å². The van der Waals surface area contributed by atoms with E-state index in [9.17, 15) is 13.2 Å². The molecule has 0 atom stereocenters. The molecule has 45 heavy (non-hydrogen) atoms. The van der Waals surface area contributed by atoms with Crippen molar-refractivity contribution >= 4 is 39.1 Å². The van der Waals surface area contributed by atoms with Gasteiger partial charge in [-0.25, -0.2) is 27.3 Å². The minimum Gasteiger partial charge on any atom is -0.444 e. The van der Waals surface area contributed by atoms with Crippen molar-refractivity contribution in [3.05, 3.63) is 72.0 Å². The maximum absolute atomic E-state index is 15.9. The van der Waals surface area contributed by atoms with Crippen LogP contribution in [0.5, 0.6) is 0 Å². The lowest BCUT2D eigenvalue weighted by atomic mass is 10.0. The number of carbonyl (C=O) groups is 1. The van der Waals surface area contributed by atoms with Gasteiger partial charge in [-0.15, -0.1) is 0 Å². The number of anilines is 2. The molecular weight excluding hydrogens is 621 g/mol. The van der Waals surface area contributed by atoms with Crippen molar-refractivity contribution in [2.75, 3.05) is 41.6 Å². The van der Waals surface area contributed by atoms with Crippen LogP contribution in [-0.4, -0.2) is 76.7 Å². The number of hydrogen-bond donors (Lipinski definition) is 1. The van der Waals surface area contributed by atoms with Crippen LogP contribution in [0.4, 0.5) is 20.6 Å². The minimum atomic E-state index is -3.77. The van der Waals surface area contributed by atoms with Crippen molar-refractivity contribution < 1.29 is 22.3 Å². The van der Waals surface area contributed by atoms with Gasteiger partial charge in [0.2, 0.25) is 10.0 Å². The molecule has 1 amide bonds. The van der Waals surface area contributed by atoms with Crippen molar-refractivity contribution in [1.29, 1.82) is 0 Å². The first-order chi connectivity index (χ1) is 21.3. The smallest absolute Gasteiger partial charge is 0.410 e. The normalized spacial score (nSPS) is 14.0. The number of rotatable bonds is 8. The van der Waals surface area contributed by atoms with Gasteiger partial charge < -0.3 is 14.5 Å². The SMILES string of the molecule is CCCS(=O)(=O)Nc1cc(Cl)cc(-c2cn(-c3ccc(N4CCN(C(=O)OC(C)(C)C)CC4)cn3)nc2-c2ccncc2)c1F. The molecule has 1 aliphatic heterocycles. The molecule has 0 saturated carbocycles.